The zero-order chi connectivity index (χ0) is 17.9. The van der Waals surface area contributed by atoms with Crippen LogP contribution in [0.1, 0.15) is 26.5 Å². The molecule has 0 spiro atoms. The standard InChI is InChI=1S/C20H26O4/c1-5-8-18(23-14-17(22)13-21)11-10-15(4)20-12-16(7-3)19(24-20)9-6-2/h5-12,17,21-22H,2,13-14H2,1,3-4H3/b8-5-,15-10+,16-7-,18-11+,19-9+. The molecule has 4 heteroatoms. The lowest BCUT2D eigenvalue weighted by Crippen LogP contribution is -2.18. The van der Waals surface area contributed by atoms with Gasteiger partial charge in [0.1, 0.15) is 29.6 Å². The maximum Gasteiger partial charge on any atom is 0.134 e. The van der Waals surface area contributed by atoms with E-state index in [1.54, 1.807) is 18.2 Å². The predicted molar refractivity (Wildman–Crippen MR) is 98.4 cm³/mol. The highest BCUT2D eigenvalue weighted by atomic mass is 16.5. The molecule has 0 bridgehead atoms. The van der Waals surface area contributed by atoms with Crippen LogP contribution < -0.4 is 10.6 Å². The van der Waals surface area contributed by atoms with Crippen LogP contribution in [0.15, 0.2) is 53.2 Å². The number of furan rings is 1. The summed E-state index contributed by atoms with van der Waals surface area (Å²) in [6.45, 7) is 9.18. The molecule has 1 aromatic heterocycles. The van der Waals surface area contributed by atoms with Crippen molar-refractivity contribution in [2.45, 2.75) is 26.9 Å². The number of aliphatic hydroxyl groups excluding tert-OH is 2. The Morgan fingerprint density at radius 1 is 1.38 bits per heavy atom. The van der Waals surface area contributed by atoms with Gasteiger partial charge in [-0.3, -0.25) is 0 Å². The third-order valence-corrected chi connectivity index (χ3v) is 3.24. The summed E-state index contributed by atoms with van der Waals surface area (Å²) >= 11 is 0. The largest absolute Gasteiger partial charge is 0.491 e. The zero-order valence-corrected chi connectivity index (χ0v) is 14.5. The van der Waals surface area contributed by atoms with Gasteiger partial charge in [-0.25, -0.2) is 0 Å². The molecule has 24 heavy (non-hydrogen) atoms. The van der Waals surface area contributed by atoms with Gasteiger partial charge >= 0.3 is 0 Å². The van der Waals surface area contributed by atoms with Crippen LogP contribution in [0, 0.1) is 0 Å². The lowest BCUT2D eigenvalue weighted by atomic mass is 10.2. The van der Waals surface area contributed by atoms with Crippen molar-refractivity contribution in [2.75, 3.05) is 13.2 Å². The van der Waals surface area contributed by atoms with E-state index < -0.39 is 6.10 Å². The third-order valence-electron chi connectivity index (χ3n) is 3.24. The summed E-state index contributed by atoms with van der Waals surface area (Å²) in [4.78, 5) is 0. The normalized spacial score (nSPS) is 16.0. The Bertz CT molecular complexity index is 732. The van der Waals surface area contributed by atoms with Crippen molar-refractivity contribution in [2.24, 2.45) is 0 Å². The molecule has 0 radical (unpaired) electrons. The number of hydrogen-bond acceptors (Lipinski definition) is 4. The van der Waals surface area contributed by atoms with Crippen LogP contribution in [0.25, 0.3) is 17.7 Å². The van der Waals surface area contributed by atoms with Crippen molar-refractivity contribution < 1.29 is 19.4 Å². The van der Waals surface area contributed by atoms with E-state index in [1.807, 2.05) is 51.1 Å². The minimum Gasteiger partial charge on any atom is -0.491 e. The van der Waals surface area contributed by atoms with Gasteiger partial charge in [-0.15, -0.1) is 0 Å². The van der Waals surface area contributed by atoms with Gasteiger partial charge in [-0.05, 0) is 50.6 Å². The van der Waals surface area contributed by atoms with Crippen LogP contribution in [0.4, 0.5) is 0 Å². The molecule has 130 valence electrons. The van der Waals surface area contributed by atoms with E-state index in [1.165, 1.54) is 0 Å². The van der Waals surface area contributed by atoms with Crippen LogP contribution in [-0.2, 0) is 4.74 Å². The van der Waals surface area contributed by atoms with Gasteiger partial charge in [-0.1, -0.05) is 30.9 Å². The van der Waals surface area contributed by atoms with Gasteiger partial charge in [-0.2, -0.15) is 0 Å². The summed E-state index contributed by atoms with van der Waals surface area (Å²) in [6.07, 6.45) is 11.9. The van der Waals surface area contributed by atoms with Crippen molar-refractivity contribution in [3.63, 3.8) is 0 Å². The lowest BCUT2D eigenvalue weighted by Gasteiger charge is -2.10. The maximum absolute atomic E-state index is 9.37. The molecule has 4 nitrogen and oxygen atoms in total. The van der Waals surface area contributed by atoms with E-state index in [9.17, 15) is 5.11 Å². The molecular formula is C20H26O4. The minimum atomic E-state index is -0.895. The molecule has 1 rings (SSSR count). The second-order valence-electron chi connectivity index (χ2n) is 5.19. The SMILES string of the molecule is C=C/C=c1/oc(/C(C)=C/C=C(\C=C/C)OCC(O)CO)c/c1=C/C. The van der Waals surface area contributed by atoms with E-state index in [0.717, 1.165) is 22.0 Å². The van der Waals surface area contributed by atoms with Gasteiger partial charge in [0.25, 0.3) is 0 Å². The van der Waals surface area contributed by atoms with Crippen molar-refractivity contribution in [3.05, 3.63) is 65.2 Å². The second kappa shape index (κ2) is 10.5. The molecular weight excluding hydrogens is 304 g/mol. The molecule has 1 atom stereocenters. The Kier molecular flexibility index (Phi) is 8.61. The molecule has 0 aliphatic rings. The Hall–Kier alpha value is -2.30. The highest BCUT2D eigenvalue weighted by Gasteiger charge is 2.04. The van der Waals surface area contributed by atoms with Crippen LogP contribution >= 0.6 is 0 Å². The van der Waals surface area contributed by atoms with Crippen molar-refractivity contribution in [3.8, 4) is 0 Å². The highest BCUT2D eigenvalue weighted by molar-refractivity contribution is 5.61. The lowest BCUT2D eigenvalue weighted by molar-refractivity contribution is 0.0329. The van der Waals surface area contributed by atoms with Gasteiger partial charge in [0, 0.05) is 5.22 Å². The molecule has 1 heterocycles. The molecule has 1 aromatic rings. The van der Waals surface area contributed by atoms with Crippen LogP contribution in [0.3, 0.4) is 0 Å². The highest BCUT2D eigenvalue weighted by Crippen LogP contribution is 2.12. The molecule has 0 saturated heterocycles. The number of allylic oxidation sites excluding steroid dienone is 6. The average molecular weight is 330 g/mol. The van der Waals surface area contributed by atoms with E-state index >= 15 is 0 Å². The van der Waals surface area contributed by atoms with E-state index in [0.29, 0.717) is 5.76 Å². The van der Waals surface area contributed by atoms with Crippen LogP contribution in [0.5, 0.6) is 0 Å². The van der Waals surface area contributed by atoms with E-state index in [4.69, 9.17) is 14.3 Å². The maximum atomic E-state index is 9.37. The average Bonchev–Trinajstić information content (AvgIpc) is 3.00. The minimum absolute atomic E-state index is 0.0354. The summed E-state index contributed by atoms with van der Waals surface area (Å²) in [5.74, 6) is 1.36. The number of hydrogen-bond donors (Lipinski definition) is 2. The van der Waals surface area contributed by atoms with Crippen LogP contribution in [0.2, 0.25) is 0 Å². The smallest absolute Gasteiger partial charge is 0.134 e. The molecule has 0 amide bonds. The molecule has 0 aromatic carbocycles. The summed E-state index contributed by atoms with van der Waals surface area (Å²) in [5.41, 5.74) is 1.71. The third kappa shape index (κ3) is 6.07. The van der Waals surface area contributed by atoms with Crippen molar-refractivity contribution >= 4 is 17.7 Å². The monoisotopic (exact) mass is 330 g/mol. The van der Waals surface area contributed by atoms with Gasteiger partial charge in [0.05, 0.1) is 6.61 Å². The fraction of sp³-hybridized carbons (Fsp3) is 0.300. The quantitative estimate of drug-likeness (QED) is 0.567. The van der Waals surface area contributed by atoms with Gasteiger partial charge < -0.3 is 19.4 Å². The Morgan fingerprint density at radius 3 is 2.71 bits per heavy atom. The molecule has 0 saturated carbocycles. The first kappa shape index (κ1) is 19.7. The molecule has 2 N–H and O–H groups in total. The number of rotatable bonds is 8. The first-order valence-corrected chi connectivity index (χ1v) is 7.88. The molecule has 0 aliphatic carbocycles. The Morgan fingerprint density at radius 2 is 2.12 bits per heavy atom. The molecule has 0 aliphatic heterocycles. The zero-order valence-electron chi connectivity index (χ0n) is 14.5. The van der Waals surface area contributed by atoms with Gasteiger partial charge in [0.2, 0.25) is 0 Å². The fourth-order valence-electron chi connectivity index (χ4n) is 1.93. The van der Waals surface area contributed by atoms with Crippen molar-refractivity contribution in [1.82, 2.24) is 0 Å². The summed E-state index contributed by atoms with van der Waals surface area (Å²) in [6, 6.07) is 1.97. The Balaban J connectivity index is 3.04. The Labute approximate surface area is 143 Å². The van der Waals surface area contributed by atoms with E-state index in [-0.39, 0.29) is 13.2 Å². The van der Waals surface area contributed by atoms with Gasteiger partial charge in [0.15, 0.2) is 0 Å². The van der Waals surface area contributed by atoms with E-state index in [2.05, 4.69) is 6.58 Å². The van der Waals surface area contributed by atoms with Crippen LogP contribution in [-0.4, -0.2) is 29.5 Å². The number of aliphatic hydroxyl groups is 2. The first-order chi connectivity index (χ1) is 11.5. The summed E-state index contributed by atoms with van der Waals surface area (Å²) in [7, 11) is 0. The topological polar surface area (TPSA) is 62.8 Å². The number of ether oxygens (including phenoxy) is 1. The van der Waals surface area contributed by atoms with Crippen molar-refractivity contribution in [1.29, 1.82) is 0 Å². The fourth-order valence-corrected chi connectivity index (χ4v) is 1.93. The summed E-state index contributed by atoms with van der Waals surface area (Å²) in [5, 5.41) is 19.2. The molecule has 0 fully saturated rings. The second-order valence-corrected chi connectivity index (χ2v) is 5.19. The predicted octanol–water partition coefficient (Wildman–Crippen LogP) is 2.28. The first-order valence-electron chi connectivity index (χ1n) is 7.88. The molecule has 1 unspecified atom stereocenters. The summed E-state index contributed by atoms with van der Waals surface area (Å²) < 4.78 is 11.3.